The van der Waals surface area contributed by atoms with Crippen molar-refractivity contribution in [3.63, 3.8) is 0 Å². The summed E-state index contributed by atoms with van der Waals surface area (Å²) in [5.74, 6) is 1.75. The minimum absolute atomic E-state index is 0.0873. The minimum Gasteiger partial charge on any atom is -0.496 e. The molecule has 0 saturated heterocycles. The maximum Gasteiger partial charge on any atom is 0.120 e. The number of hydrogen-bond acceptors (Lipinski definition) is 3. The molecule has 98 valence electrons. The highest BCUT2D eigenvalue weighted by Crippen LogP contribution is 2.19. The molecule has 0 bridgehead atoms. The van der Waals surface area contributed by atoms with Crippen LogP contribution in [0.3, 0.4) is 0 Å². The molecule has 1 unspecified atom stereocenters. The van der Waals surface area contributed by atoms with E-state index in [0.29, 0.717) is 11.6 Å². The Morgan fingerprint density at radius 3 is 3.06 bits per heavy atom. The van der Waals surface area contributed by atoms with Gasteiger partial charge in [0.1, 0.15) is 18.1 Å². The molecule has 0 saturated carbocycles. The summed E-state index contributed by atoms with van der Waals surface area (Å²) in [4.78, 5) is 0. The lowest BCUT2D eigenvalue weighted by Crippen LogP contribution is -2.35. The molecule has 1 N–H and O–H groups in total. The molecular weight excluding hydrogens is 250 g/mol. The molecule has 0 fully saturated rings. The Balaban J connectivity index is 1.92. The summed E-state index contributed by atoms with van der Waals surface area (Å²) in [5, 5.41) is 3.89. The van der Waals surface area contributed by atoms with Crippen molar-refractivity contribution < 1.29 is 9.47 Å². The van der Waals surface area contributed by atoms with Gasteiger partial charge in [-0.15, -0.1) is 0 Å². The summed E-state index contributed by atoms with van der Waals surface area (Å²) in [6.07, 6.45) is 4.30. The normalized spacial score (nSPS) is 16.7. The Kier molecular flexibility index (Phi) is 4.90. The van der Waals surface area contributed by atoms with E-state index < -0.39 is 0 Å². The number of nitrogens with one attached hydrogen (secondary N) is 1. The second-order valence-electron chi connectivity index (χ2n) is 4.21. The van der Waals surface area contributed by atoms with E-state index in [1.54, 1.807) is 0 Å². The van der Waals surface area contributed by atoms with Crippen molar-refractivity contribution in [2.75, 3.05) is 20.3 Å². The molecule has 1 aliphatic heterocycles. The number of rotatable bonds is 5. The third kappa shape index (κ3) is 3.65. The fourth-order valence-corrected chi connectivity index (χ4v) is 2.04. The van der Waals surface area contributed by atoms with Crippen LogP contribution in [0.1, 0.15) is 12.8 Å². The van der Waals surface area contributed by atoms with E-state index in [2.05, 4.69) is 11.4 Å². The molecule has 0 radical (unpaired) electrons. The summed E-state index contributed by atoms with van der Waals surface area (Å²) in [5.41, 5.74) is 0. The first-order valence-electron chi connectivity index (χ1n) is 6.18. The van der Waals surface area contributed by atoms with Crippen molar-refractivity contribution in [1.82, 2.24) is 5.32 Å². The van der Waals surface area contributed by atoms with Crippen molar-refractivity contribution in [3.8, 4) is 5.75 Å². The van der Waals surface area contributed by atoms with Crippen molar-refractivity contribution >= 4 is 11.6 Å². The van der Waals surface area contributed by atoms with Gasteiger partial charge < -0.3 is 14.8 Å². The zero-order chi connectivity index (χ0) is 12.8. The predicted molar refractivity (Wildman–Crippen MR) is 73.1 cm³/mol. The van der Waals surface area contributed by atoms with Crippen LogP contribution in [0.2, 0.25) is 5.02 Å². The third-order valence-electron chi connectivity index (χ3n) is 2.87. The maximum atomic E-state index is 5.91. The van der Waals surface area contributed by atoms with Gasteiger partial charge in [-0.1, -0.05) is 17.7 Å². The lowest BCUT2D eigenvalue weighted by molar-refractivity contribution is 0.149. The van der Waals surface area contributed by atoms with E-state index in [0.717, 1.165) is 31.0 Å². The average Bonchev–Trinajstić information content (AvgIpc) is 2.41. The van der Waals surface area contributed by atoms with E-state index in [9.17, 15) is 0 Å². The molecule has 1 aliphatic rings. The molecule has 0 aromatic heterocycles. The van der Waals surface area contributed by atoms with Crippen LogP contribution < -0.4 is 10.1 Å². The molecule has 1 aromatic carbocycles. The van der Waals surface area contributed by atoms with Crippen LogP contribution in [-0.2, 0) is 4.74 Å². The fraction of sp³-hybridized carbons (Fsp3) is 0.429. The van der Waals surface area contributed by atoms with Crippen LogP contribution in [0, 0.1) is 0 Å². The number of halogens is 1. The lowest BCUT2D eigenvalue weighted by atomic mass is 10.1. The Labute approximate surface area is 113 Å². The summed E-state index contributed by atoms with van der Waals surface area (Å²) < 4.78 is 11.4. The van der Waals surface area contributed by atoms with Crippen molar-refractivity contribution in [1.29, 1.82) is 0 Å². The topological polar surface area (TPSA) is 30.5 Å². The number of benzene rings is 1. The molecule has 3 nitrogen and oxygen atoms in total. The molecule has 0 amide bonds. The van der Waals surface area contributed by atoms with Gasteiger partial charge in [-0.3, -0.25) is 0 Å². The standard InChI is InChI=1S/C14H18ClNO2/c1-16-13(14-7-2-3-8-17-14)10-18-12-6-4-5-11(15)9-12/h4-7,9,13,16H,2-3,8,10H2,1H3. The third-order valence-corrected chi connectivity index (χ3v) is 3.10. The van der Waals surface area contributed by atoms with Crippen molar-refractivity contribution in [3.05, 3.63) is 41.1 Å². The van der Waals surface area contributed by atoms with E-state index in [1.807, 2.05) is 31.3 Å². The van der Waals surface area contributed by atoms with E-state index >= 15 is 0 Å². The molecule has 1 atom stereocenters. The summed E-state index contributed by atoms with van der Waals surface area (Å²) in [6.45, 7) is 1.32. The monoisotopic (exact) mass is 267 g/mol. The van der Waals surface area contributed by atoms with Gasteiger partial charge in [0.15, 0.2) is 0 Å². The zero-order valence-electron chi connectivity index (χ0n) is 10.5. The molecule has 1 heterocycles. The van der Waals surface area contributed by atoms with Gasteiger partial charge in [0.05, 0.1) is 12.6 Å². The van der Waals surface area contributed by atoms with E-state index in [4.69, 9.17) is 21.1 Å². The summed E-state index contributed by atoms with van der Waals surface area (Å²) in [6, 6.07) is 7.50. The van der Waals surface area contributed by atoms with Crippen LogP contribution >= 0.6 is 11.6 Å². The van der Waals surface area contributed by atoms with E-state index in [-0.39, 0.29) is 6.04 Å². The van der Waals surface area contributed by atoms with Gasteiger partial charge in [0.2, 0.25) is 0 Å². The first-order chi connectivity index (χ1) is 8.79. The quantitative estimate of drug-likeness (QED) is 0.890. The minimum atomic E-state index is 0.0873. The summed E-state index contributed by atoms with van der Waals surface area (Å²) in [7, 11) is 1.91. The highest BCUT2D eigenvalue weighted by Gasteiger charge is 2.16. The highest BCUT2D eigenvalue weighted by molar-refractivity contribution is 6.30. The fourth-order valence-electron chi connectivity index (χ4n) is 1.86. The molecular formula is C14H18ClNO2. The second kappa shape index (κ2) is 6.66. The van der Waals surface area contributed by atoms with Gasteiger partial charge in [0.25, 0.3) is 0 Å². The van der Waals surface area contributed by atoms with Crippen LogP contribution in [0.4, 0.5) is 0 Å². The Morgan fingerprint density at radius 1 is 1.50 bits per heavy atom. The molecule has 1 aromatic rings. The first-order valence-corrected chi connectivity index (χ1v) is 6.56. The van der Waals surface area contributed by atoms with Crippen molar-refractivity contribution in [2.45, 2.75) is 18.9 Å². The number of likely N-dealkylation sites (N-methyl/N-ethyl adjacent to an activating group) is 1. The highest BCUT2D eigenvalue weighted by atomic mass is 35.5. The molecule has 4 heteroatoms. The predicted octanol–water partition coefficient (Wildman–Crippen LogP) is 3.00. The molecule has 0 spiro atoms. The summed E-state index contributed by atoms with van der Waals surface area (Å²) >= 11 is 5.91. The van der Waals surface area contributed by atoms with Crippen LogP contribution in [0.25, 0.3) is 0 Å². The maximum absolute atomic E-state index is 5.91. The number of ether oxygens (including phenoxy) is 2. The molecule has 18 heavy (non-hydrogen) atoms. The average molecular weight is 268 g/mol. The molecule has 2 rings (SSSR count). The Hall–Kier alpha value is -1.19. The Morgan fingerprint density at radius 2 is 2.39 bits per heavy atom. The van der Waals surface area contributed by atoms with Gasteiger partial charge >= 0.3 is 0 Å². The Bertz CT molecular complexity index is 420. The van der Waals surface area contributed by atoms with E-state index in [1.165, 1.54) is 0 Å². The first kappa shape index (κ1) is 13.2. The lowest BCUT2D eigenvalue weighted by Gasteiger charge is -2.23. The van der Waals surface area contributed by atoms with Gasteiger partial charge in [0, 0.05) is 5.02 Å². The van der Waals surface area contributed by atoms with Gasteiger partial charge in [-0.25, -0.2) is 0 Å². The smallest absolute Gasteiger partial charge is 0.120 e. The number of allylic oxidation sites excluding steroid dienone is 1. The number of hydrogen-bond donors (Lipinski definition) is 1. The van der Waals surface area contributed by atoms with Crippen LogP contribution in [0.15, 0.2) is 36.1 Å². The van der Waals surface area contributed by atoms with Gasteiger partial charge in [-0.2, -0.15) is 0 Å². The van der Waals surface area contributed by atoms with Crippen LogP contribution in [0.5, 0.6) is 5.75 Å². The largest absolute Gasteiger partial charge is 0.496 e. The zero-order valence-corrected chi connectivity index (χ0v) is 11.2. The molecule has 0 aliphatic carbocycles. The van der Waals surface area contributed by atoms with Crippen LogP contribution in [-0.4, -0.2) is 26.3 Å². The second-order valence-corrected chi connectivity index (χ2v) is 4.64. The van der Waals surface area contributed by atoms with Gasteiger partial charge in [-0.05, 0) is 44.2 Å². The SMILES string of the molecule is CNC(COc1cccc(Cl)c1)C1=CCCCO1. The van der Waals surface area contributed by atoms with Crippen molar-refractivity contribution in [2.24, 2.45) is 0 Å².